The number of methoxy groups -OCH3 is 1. The van der Waals surface area contributed by atoms with E-state index < -0.39 is 0 Å². The number of benzene rings is 1. The largest absolute Gasteiger partial charge is 0.382 e. The van der Waals surface area contributed by atoms with Crippen molar-refractivity contribution >= 4 is 27.3 Å². The fourth-order valence-electron chi connectivity index (χ4n) is 3.09. The van der Waals surface area contributed by atoms with Crippen molar-refractivity contribution in [2.24, 2.45) is 0 Å². The van der Waals surface area contributed by atoms with Gasteiger partial charge in [-0.3, -0.25) is 4.79 Å². The number of amides is 1. The lowest BCUT2D eigenvalue weighted by Gasteiger charge is -2.36. The molecule has 3 rings (SSSR count). The standard InChI is InChI=1S/C17H20FNO3S/c1-10-7-19(8-12(22-10)9-21-3)17(20)16-11(2)15-13(18)5-4-6-14(15)23-16/h4-6,10,12H,7-9H2,1-3H3/t10-,12-/m1/s1. The summed E-state index contributed by atoms with van der Waals surface area (Å²) in [6, 6.07) is 4.96. The monoisotopic (exact) mass is 337 g/mol. The average Bonchev–Trinajstić information content (AvgIpc) is 2.84. The Bertz CT molecular complexity index is 730. The van der Waals surface area contributed by atoms with E-state index in [4.69, 9.17) is 9.47 Å². The topological polar surface area (TPSA) is 38.8 Å². The molecule has 0 bridgehead atoms. The Balaban J connectivity index is 1.91. The van der Waals surface area contributed by atoms with Gasteiger partial charge in [0, 0.05) is 30.3 Å². The number of ether oxygens (including phenoxy) is 2. The highest BCUT2D eigenvalue weighted by Gasteiger charge is 2.31. The van der Waals surface area contributed by atoms with E-state index in [1.165, 1.54) is 17.4 Å². The summed E-state index contributed by atoms with van der Waals surface area (Å²) in [7, 11) is 1.62. The van der Waals surface area contributed by atoms with E-state index in [9.17, 15) is 9.18 Å². The molecule has 0 unspecified atom stereocenters. The predicted molar refractivity (Wildman–Crippen MR) is 88.6 cm³/mol. The third kappa shape index (κ3) is 3.11. The second-order valence-electron chi connectivity index (χ2n) is 5.90. The number of carbonyl (C=O) groups is 1. The minimum atomic E-state index is -0.275. The number of hydrogen-bond donors (Lipinski definition) is 0. The van der Waals surface area contributed by atoms with Gasteiger partial charge in [0.25, 0.3) is 5.91 Å². The average molecular weight is 337 g/mol. The van der Waals surface area contributed by atoms with E-state index in [1.54, 1.807) is 18.1 Å². The maximum Gasteiger partial charge on any atom is 0.264 e. The Morgan fingerprint density at radius 1 is 1.48 bits per heavy atom. The molecule has 1 fully saturated rings. The molecule has 4 nitrogen and oxygen atoms in total. The van der Waals surface area contributed by atoms with Crippen LogP contribution in [0.4, 0.5) is 4.39 Å². The van der Waals surface area contributed by atoms with Crippen LogP contribution in [0.25, 0.3) is 10.1 Å². The van der Waals surface area contributed by atoms with Crippen molar-refractivity contribution in [2.75, 3.05) is 26.8 Å². The molecule has 1 aromatic carbocycles. The van der Waals surface area contributed by atoms with Crippen LogP contribution in [-0.2, 0) is 9.47 Å². The lowest BCUT2D eigenvalue weighted by Crippen LogP contribution is -2.50. The van der Waals surface area contributed by atoms with Crippen LogP contribution in [0, 0.1) is 12.7 Å². The lowest BCUT2D eigenvalue weighted by atomic mass is 10.1. The Kier molecular flexibility index (Phi) is 4.66. The minimum absolute atomic E-state index is 0.0423. The molecule has 0 saturated carbocycles. The summed E-state index contributed by atoms with van der Waals surface area (Å²) in [5, 5.41) is 0.551. The quantitative estimate of drug-likeness (QED) is 0.863. The number of thiophene rings is 1. The maximum absolute atomic E-state index is 14.0. The molecule has 6 heteroatoms. The van der Waals surface area contributed by atoms with E-state index in [1.807, 2.05) is 19.9 Å². The normalized spacial score (nSPS) is 21.8. The molecule has 1 aromatic heterocycles. The number of halogens is 1. The van der Waals surface area contributed by atoms with Gasteiger partial charge in [-0.2, -0.15) is 0 Å². The summed E-state index contributed by atoms with van der Waals surface area (Å²) in [6.07, 6.45) is -0.168. The molecule has 124 valence electrons. The first-order chi connectivity index (χ1) is 11.0. The molecule has 23 heavy (non-hydrogen) atoms. The number of fused-ring (bicyclic) bond motifs is 1. The number of carbonyl (C=O) groups excluding carboxylic acids is 1. The molecule has 0 spiro atoms. The van der Waals surface area contributed by atoms with Gasteiger partial charge < -0.3 is 14.4 Å². The van der Waals surface area contributed by atoms with Crippen LogP contribution in [-0.4, -0.2) is 49.8 Å². The maximum atomic E-state index is 14.0. The van der Waals surface area contributed by atoms with Crippen molar-refractivity contribution in [1.29, 1.82) is 0 Å². The molecule has 2 aromatic rings. The van der Waals surface area contributed by atoms with Crippen LogP contribution in [0.5, 0.6) is 0 Å². The summed E-state index contributed by atoms with van der Waals surface area (Å²) in [5.74, 6) is -0.331. The van der Waals surface area contributed by atoms with Gasteiger partial charge in [0.05, 0.1) is 23.7 Å². The number of aryl methyl sites for hydroxylation is 1. The van der Waals surface area contributed by atoms with Crippen molar-refractivity contribution in [1.82, 2.24) is 4.90 Å². The molecular weight excluding hydrogens is 317 g/mol. The van der Waals surface area contributed by atoms with Gasteiger partial charge in [-0.05, 0) is 31.5 Å². The zero-order valence-corrected chi connectivity index (χ0v) is 14.3. The molecule has 0 N–H and O–H groups in total. The van der Waals surface area contributed by atoms with Gasteiger partial charge in [-0.1, -0.05) is 6.07 Å². The van der Waals surface area contributed by atoms with Gasteiger partial charge in [0.2, 0.25) is 0 Å². The fourth-order valence-corrected chi connectivity index (χ4v) is 4.28. The SMILES string of the molecule is COC[C@H]1CN(C(=O)c2sc3cccc(F)c3c2C)C[C@@H](C)O1. The number of nitrogens with zero attached hydrogens (tertiary/aromatic N) is 1. The molecule has 1 amide bonds. The van der Waals surface area contributed by atoms with Gasteiger partial charge >= 0.3 is 0 Å². The molecule has 1 aliphatic rings. The predicted octanol–water partition coefficient (Wildman–Crippen LogP) is 3.22. The van der Waals surface area contributed by atoms with Crippen molar-refractivity contribution in [3.05, 3.63) is 34.5 Å². The first-order valence-electron chi connectivity index (χ1n) is 7.62. The Labute approximate surface area is 138 Å². The van der Waals surface area contributed by atoms with E-state index in [0.29, 0.717) is 30.0 Å². The van der Waals surface area contributed by atoms with E-state index in [0.717, 1.165) is 10.3 Å². The zero-order valence-electron chi connectivity index (χ0n) is 13.5. The number of morpholine rings is 1. The van der Waals surface area contributed by atoms with Crippen LogP contribution >= 0.6 is 11.3 Å². The van der Waals surface area contributed by atoms with Crippen LogP contribution < -0.4 is 0 Å². The highest BCUT2D eigenvalue weighted by atomic mass is 32.1. The van der Waals surface area contributed by atoms with Crippen LogP contribution in [0.2, 0.25) is 0 Å². The summed E-state index contributed by atoms with van der Waals surface area (Å²) in [6.45, 7) is 5.24. The zero-order chi connectivity index (χ0) is 16.6. The van der Waals surface area contributed by atoms with E-state index >= 15 is 0 Å². The fraction of sp³-hybridized carbons (Fsp3) is 0.471. The van der Waals surface area contributed by atoms with Crippen molar-refractivity contribution < 1.29 is 18.7 Å². The van der Waals surface area contributed by atoms with Crippen molar-refractivity contribution in [2.45, 2.75) is 26.1 Å². The first kappa shape index (κ1) is 16.4. The molecule has 0 radical (unpaired) electrons. The Morgan fingerprint density at radius 3 is 2.96 bits per heavy atom. The van der Waals surface area contributed by atoms with Gasteiger partial charge in [0.1, 0.15) is 5.82 Å². The molecular formula is C17H20FNO3S. The molecule has 2 heterocycles. The van der Waals surface area contributed by atoms with Crippen LogP contribution in [0.1, 0.15) is 22.2 Å². The molecule has 1 saturated heterocycles. The third-order valence-electron chi connectivity index (χ3n) is 4.06. The van der Waals surface area contributed by atoms with Crippen molar-refractivity contribution in [3.63, 3.8) is 0 Å². The summed E-state index contributed by atoms with van der Waals surface area (Å²) in [4.78, 5) is 15.3. The lowest BCUT2D eigenvalue weighted by molar-refractivity contribution is -0.0918. The second kappa shape index (κ2) is 6.55. The van der Waals surface area contributed by atoms with Gasteiger partial charge in [-0.25, -0.2) is 4.39 Å². The first-order valence-corrected chi connectivity index (χ1v) is 8.44. The molecule has 2 atom stereocenters. The highest BCUT2D eigenvalue weighted by molar-refractivity contribution is 7.21. The highest BCUT2D eigenvalue weighted by Crippen LogP contribution is 2.33. The Hall–Kier alpha value is -1.50. The third-order valence-corrected chi connectivity index (χ3v) is 5.31. The second-order valence-corrected chi connectivity index (χ2v) is 6.96. The summed E-state index contributed by atoms with van der Waals surface area (Å²) >= 11 is 1.35. The van der Waals surface area contributed by atoms with Crippen LogP contribution in [0.3, 0.4) is 0 Å². The van der Waals surface area contributed by atoms with Crippen molar-refractivity contribution in [3.8, 4) is 0 Å². The number of rotatable bonds is 3. The summed E-state index contributed by atoms with van der Waals surface area (Å²) in [5.41, 5.74) is 0.718. The minimum Gasteiger partial charge on any atom is -0.382 e. The van der Waals surface area contributed by atoms with E-state index in [2.05, 4.69) is 0 Å². The molecule has 0 aliphatic carbocycles. The van der Waals surface area contributed by atoms with Crippen LogP contribution in [0.15, 0.2) is 18.2 Å². The number of hydrogen-bond acceptors (Lipinski definition) is 4. The molecule has 1 aliphatic heterocycles. The smallest absolute Gasteiger partial charge is 0.264 e. The Morgan fingerprint density at radius 2 is 2.26 bits per heavy atom. The summed E-state index contributed by atoms with van der Waals surface area (Å²) < 4.78 is 25.8. The van der Waals surface area contributed by atoms with E-state index in [-0.39, 0.29) is 23.9 Å². The van der Waals surface area contributed by atoms with Gasteiger partial charge in [0.15, 0.2) is 0 Å². The van der Waals surface area contributed by atoms with Gasteiger partial charge in [-0.15, -0.1) is 11.3 Å².